The summed E-state index contributed by atoms with van der Waals surface area (Å²) >= 11 is 0. The molecule has 0 atom stereocenters. The molecule has 3 heteroatoms. The molecule has 2 rings (SSSR count). The number of hydrogen-bond donors (Lipinski definition) is 0. The van der Waals surface area contributed by atoms with E-state index in [0.717, 1.165) is 11.1 Å². The average molecular weight is 172 g/mol. The first kappa shape index (κ1) is 7.86. The molecule has 0 amide bonds. The first-order valence-corrected chi connectivity index (χ1v) is 4.07. The van der Waals surface area contributed by atoms with Crippen LogP contribution in [-0.2, 0) is 7.05 Å². The summed E-state index contributed by atoms with van der Waals surface area (Å²) < 4.78 is 2.00. The van der Waals surface area contributed by atoms with E-state index in [1.165, 1.54) is 6.33 Å². The number of hydrogen-bond acceptors (Lipinski definition) is 2. The van der Waals surface area contributed by atoms with Crippen LogP contribution in [0.3, 0.4) is 0 Å². The van der Waals surface area contributed by atoms with Crippen LogP contribution in [0.2, 0.25) is 0 Å². The van der Waals surface area contributed by atoms with Gasteiger partial charge in [0.05, 0.1) is 0 Å². The molecule has 13 heavy (non-hydrogen) atoms. The Labute approximate surface area is 76.7 Å². The summed E-state index contributed by atoms with van der Waals surface area (Å²) in [7, 11) is 1.99. The van der Waals surface area contributed by atoms with Crippen LogP contribution in [0.5, 0.6) is 0 Å². The Kier molecular flexibility index (Phi) is 2.00. The van der Waals surface area contributed by atoms with Gasteiger partial charge in [0.25, 0.3) is 0 Å². The summed E-state index contributed by atoms with van der Waals surface area (Å²) in [6, 6.07) is 4.04. The molecular weight excluding hydrogens is 162 g/mol. The normalized spacial score (nSPS) is 9.92. The van der Waals surface area contributed by atoms with E-state index in [9.17, 15) is 0 Å². The molecule has 0 fully saturated rings. The Hall–Kier alpha value is -1.77. The van der Waals surface area contributed by atoms with Gasteiger partial charge in [0.15, 0.2) is 12.4 Å². The summed E-state index contributed by atoms with van der Waals surface area (Å²) in [5.41, 5.74) is 2.17. The second-order valence-electron chi connectivity index (χ2n) is 2.89. The van der Waals surface area contributed by atoms with Crippen LogP contribution >= 0.6 is 0 Å². The van der Waals surface area contributed by atoms with Crippen molar-refractivity contribution in [2.24, 2.45) is 7.05 Å². The SMILES string of the molecule is C[n+]1cccc(-c2cncnc2)c1. The minimum absolute atomic E-state index is 1.04. The number of rotatable bonds is 1. The van der Waals surface area contributed by atoms with Crippen molar-refractivity contribution in [1.82, 2.24) is 9.97 Å². The van der Waals surface area contributed by atoms with Crippen molar-refractivity contribution in [2.75, 3.05) is 0 Å². The minimum Gasteiger partial charge on any atom is -0.244 e. The number of pyridine rings is 1. The molecule has 0 saturated carbocycles. The number of nitrogens with zero attached hydrogens (tertiary/aromatic N) is 3. The summed E-state index contributed by atoms with van der Waals surface area (Å²) in [4.78, 5) is 7.94. The molecule has 0 aliphatic carbocycles. The van der Waals surface area contributed by atoms with Gasteiger partial charge in [-0.2, -0.15) is 0 Å². The number of aromatic nitrogens is 3. The van der Waals surface area contributed by atoms with Crippen LogP contribution in [-0.4, -0.2) is 9.97 Å². The van der Waals surface area contributed by atoms with E-state index >= 15 is 0 Å². The average Bonchev–Trinajstić information content (AvgIpc) is 2.19. The van der Waals surface area contributed by atoms with Gasteiger partial charge in [0, 0.05) is 29.6 Å². The van der Waals surface area contributed by atoms with Crippen LogP contribution in [0.15, 0.2) is 43.2 Å². The lowest BCUT2D eigenvalue weighted by molar-refractivity contribution is -0.671. The van der Waals surface area contributed by atoms with Gasteiger partial charge in [0.2, 0.25) is 0 Å². The summed E-state index contributed by atoms with van der Waals surface area (Å²) in [6.45, 7) is 0. The lowest BCUT2D eigenvalue weighted by atomic mass is 10.1. The van der Waals surface area contributed by atoms with Gasteiger partial charge in [-0.3, -0.25) is 0 Å². The first-order chi connectivity index (χ1) is 6.36. The second-order valence-corrected chi connectivity index (χ2v) is 2.89. The molecule has 0 radical (unpaired) electrons. The van der Waals surface area contributed by atoms with E-state index < -0.39 is 0 Å². The standard InChI is InChI=1S/C10H10N3/c1-13-4-2-3-9(7-13)10-5-11-8-12-6-10/h2-8H,1H3/q+1. The molecule has 2 heterocycles. The molecule has 0 aliphatic rings. The van der Waals surface area contributed by atoms with Crippen LogP contribution in [0, 0.1) is 0 Å². The van der Waals surface area contributed by atoms with Crippen LogP contribution < -0.4 is 4.57 Å². The Morgan fingerprint density at radius 1 is 1.15 bits per heavy atom. The van der Waals surface area contributed by atoms with E-state index in [2.05, 4.69) is 9.97 Å². The maximum absolute atomic E-state index is 3.97. The highest BCUT2D eigenvalue weighted by Gasteiger charge is 2.00. The zero-order valence-corrected chi connectivity index (χ0v) is 7.38. The Morgan fingerprint density at radius 2 is 1.92 bits per heavy atom. The molecule has 64 valence electrons. The van der Waals surface area contributed by atoms with E-state index in [0.29, 0.717) is 0 Å². The van der Waals surface area contributed by atoms with Crippen molar-refractivity contribution in [3.63, 3.8) is 0 Å². The van der Waals surface area contributed by atoms with Gasteiger partial charge in [-0.25, -0.2) is 14.5 Å². The zero-order valence-electron chi connectivity index (χ0n) is 7.38. The van der Waals surface area contributed by atoms with Crippen molar-refractivity contribution in [2.45, 2.75) is 0 Å². The highest BCUT2D eigenvalue weighted by Crippen LogP contribution is 2.13. The first-order valence-electron chi connectivity index (χ1n) is 4.07. The lowest BCUT2D eigenvalue weighted by Crippen LogP contribution is -2.26. The van der Waals surface area contributed by atoms with Gasteiger partial charge in [-0.1, -0.05) is 0 Å². The van der Waals surface area contributed by atoms with Crippen LogP contribution in [0.1, 0.15) is 0 Å². The van der Waals surface area contributed by atoms with Crippen molar-refractivity contribution in [3.05, 3.63) is 43.2 Å². The highest BCUT2D eigenvalue weighted by molar-refractivity contribution is 5.58. The van der Waals surface area contributed by atoms with Crippen LogP contribution in [0.25, 0.3) is 11.1 Å². The van der Waals surface area contributed by atoms with Gasteiger partial charge < -0.3 is 0 Å². The van der Waals surface area contributed by atoms with Gasteiger partial charge in [-0.05, 0) is 6.07 Å². The Morgan fingerprint density at radius 3 is 2.62 bits per heavy atom. The molecule has 0 spiro atoms. The molecule has 0 aromatic carbocycles. The predicted molar refractivity (Wildman–Crippen MR) is 48.6 cm³/mol. The van der Waals surface area contributed by atoms with Crippen molar-refractivity contribution >= 4 is 0 Å². The van der Waals surface area contributed by atoms with E-state index in [1.807, 2.05) is 48.5 Å². The third-order valence-electron chi connectivity index (χ3n) is 1.83. The Balaban J connectivity index is 2.48. The van der Waals surface area contributed by atoms with Crippen molar-refractivity contribution in [1.29, 1.82) is 0 Å². The lowest BCUT2D eigenvalue weighted by Gasteiger charge is -1.96. The van der Waals surface area contributed by atoms with Crippen LogP contribution in [0.4, 0.5) is 0 Å². The molecule has 2 aromatic rings. The molecule has 0 N–H and O–H groups in total. The fourth-order valence-corrected chi connectivity index (χ4v) is 1.21. The Bertz CT molecular complexity index is 398. The maximum Gasteiger partial charge on any atom is 0.176 e. The predicted octanol–water partition coefficient (Wildman–Crippen LogP) is 0.968. The number of aryl methyl sites for hydroxylation is 1. The third kappa shape index (κ3) is 1.69. The fraction of sp³-hybridized carbons (Fsp3) is 0.100. The van der Waals surface area contributed by atoms with E-state index in [-0.39, 0.29) is 0 Å². The van der Waals surface area contributed by atoms with E-state index in [1.54, 1.807) is 0 Å². The van der Waals surface area contributed by atoms with Crippen molar-refractivity contribution < 1.29 is 4.57 Å². The molecule has 0 saturated heterocycles. The summed E-state index contributed by atoms with van der Waals surface area (Å²) in [5, 5.41) is 0. The maximum atomic E-state index is 3.97. The molecule has 0 aliphatic heterocycles. The monoisotopic (exact) mass is 172 g/mol. The fourth-order valence-electron chi connectivity index (χ4n) is 1.21. The quantitative estimate of drug-likeness (QED) is 0.600. The molecule has 3 nitrogen and oxygen atoms in total. The molecule has 0 bridgehead atoms. The molecule has 0 unspecified atom stereocenters. The topological polar surface area (TPSA) is 29.7 Å². The highest BCUT2D eigenvalue weighted by atomic mass is 14.9. The summed E-state index contributed by atoms with van der Waals surface area (Å²) in [6.07, 6.45) is 9.18. The molecule has 2 aromatic heterocycles. The summed E-state index contributed by atoms with van der Waals surface area (Å²) in [5.74, 6) is 0. The molecular formula is C10H10N3+. The van der Waals surface area contributed by atoms with E-state index in [4.69, 9.17) is 0 Å². The van der Waals surface area contributed by atoms with Gasteiger partial charge in [-0.15, -0.1) is 0 Å². The van der Waals surface area contributed by atoms with Gasteiger partial charge in [0.1, 0.15) is 13.4 Å². The largest absolute Gasteiger partial charge is 0.244 e. The minimum atomic E-state index is 1.04. The van der Waals surface area contributed by atoms with Crippen molar-refractivity contribution in [3.8, 4) is 11.1 Å². The smallest absolute Gasteiger partial charge is 0.176 e. The second kappa shape index (κ2) is 3.31. The van der Waals surface area contributed by atoms with Gasteiger partial charge >= 0.3 is 0 Å². The third-order valence-corrected chi connectivity index (χ3v) is 1.83. The zero-order chi connectivity index (χ0) is 9.10.